The number of anilines is 2. The van der Waals surface area contributed by atoms with Gasteiger partial charge in [-0.1, -0.05) is 0 Å². The molecule has 0 N–H and O–H groups in total. The highest BCUT2D eigenvalue weighted by Gasteiger charge is 2.31. The fourth-order valence-electron chi connectivity index (χ4n) is 3.72. The molecule has 152 valence electrons. The second-order valence-electron chi connectivity index (χ2n) is 7.43. The van der Waals surface area contributed by atoms with Crippen molar-refractivity contribution in [2.24, 2.45) is 7.05 Å². The van der Waals surface area contributed by atoms with E-state index in [-0.39, 0.29) is 5.03 Å². The van der Waals surface area contributed by atoms with E-state index in [1.165, 1.54) is 23.6 Å². The number of nitrogens with zero attached hydrogens (tertiary/aromatic N) is 7. The number of imidazole rings is 1. The smallest absolute Gasteiger partial charge is 0.262 e. The summed E-state index contributed by atoms with van der Waals surface area (Å²) in [4.78, 5) is 8.54. The fraction of sp³-hybridized carbons (Fsp3) is 0.611. The van der Waals surface area contributed by atoms with Crippen molar-refractivity contribution in [3.8, 4) is 0 Å². The first-order chi connectivity index (χ1) is 13.4. The first-order valence-electron chi connectivity index (χ1n) is 9.79. The van der Waals surface area contributed by atoms with Crippen LogP contribution in [0.5, 0.6) is 0 Å². The van der Waals surface area contributed by atoms with Crippen LogP contribution >= 0.6 is 0 Å². The van der Waals surface area contributed by atoms with Gasteiger partial charge in [-0.3, -0.25) is 0 Å². The lowest BCUT2D eigenvalue weighted by Crippen LogP contribution is -2.49. The van der Waals surface area contributed by atoms with Crippen LogP contribution in [-0.4, -0.2) is 71.7 Å². The highest BCUT2D eigenvalue weighted by atomic mass is 32.2. The molecule has 0 saturated carbocycles. The summed E-state index contributed by atoms with van der Waals surface area (Å²) >= 11 is 0. The highest BCUT2D eigenvalue weighted by molar-refractivity contribution is 7.89. The molecule has 4 heterocycles. The molecule has 2 aliphatic heterocycles. The van der Waals surface area contributed by atoms with E-state index in [2.05, 4.69) is 25.0 Å². The monoisotopic (exact) mass is 405 g/mol. The summed E-state index contributed by atoms with van der Waals surface area (Å²) in [5, 5.41) is 8.90. The summed E-state index contributed by atoms with van der Waals surface area (Å²) in [5.74, 6) is 2.41. The van der Waals surface area contributed by atoms with Gasteiger partial charge >= 0.3 is 0 Å². The molecule has 0 radical (unpaired) electrons. The molecule has 0 aromatic carbocycles. The molecule has 0 unspecified atom stereocenters. The van der Waals surface area contributed by atoms with Crippen molar-refractivity contribution >= 4 is 21.7 Å². The van der Waals surface area contributed by atoms with Crippen LogP contribution in [0, 0.1) is 6.92 Å². The molecular weight excluding hydrogens is 378 g/mol. The first-order valence-corrected chi connectivity index (χ1v) is 11.2. The van der Waals surface area contributed by atoms with Crippen LogP contribution in [0.1, 0.15) is 25.1 Å². The molecule has 2 aromatic rings. The average Bonchev–Trinajstić information content (AvgIpc) is 3.08. The van der Waals surface area contributed by atoms with E-state index in [4.69, 9.17) is 0 Å². The normalized spacial score (nSPS) is 19.2. The van der Waals surface area contributed by atoms with Crippen LogP contribution < -0.4 is 9.80 Å². The maximum absolute atomic E-state index is 12.8. The Kier molecular flexibility index (Phi) is 5.24. The van der Waals surface area contributed by atoms with Gasteiger partial charge in [-0.2, -0.15) is 4.31 Å². The molecule has 2 aliphatic rings. The molecule has 0 atom stereocenters. The van der Waals surface area contributed by atoms with Gasteiger partial charge in [-0.25, -0.2) is 13.4 Å². The molecule has 4 rings (SSSR count). The summed E-state index contributed by atoms with van der Waals surface area (Å²) in [6.45, 7) is 5.87. The molecule has 0 bridgehead atoms. The van der Waals surface area contributed by atoms with Gasteiger partial charge in [0.1, 0.15) is 5.82 Å². The van der Waals surface area contributed by atoms with Crippen molar-refractivity contribution in [3.05, 3.63) is 24.2 Å². The molecule has 2 saturated heterocycles. The SMILES string of the molecule is Cc1nc(S(=O)(=O)N2CCN(c3ccc(N4CCCCC4)nn3)CC2)cn1C. The molecule has 2 aromatic heterocycles. The highest BCUT2D eigenvalue weighted by Crippen LogP contribution is 2.22. The number of hydrogen-bond acceptors (Lipinski definition) is 7. The van der Waals surface area contributed by atoms with Gasteiger partial charge in [0.2, 0.25) is 0 Å². The maximum atomic E-state index is 12.8. The van der Waals surface area contributed by atoms with E-state index in [9.17, 15) is 8.42 Å². The standard InChI is InChI=1S/C18H27N7O2S/c1-15-19-18(14-22(15)2)28(26,27)25-12-10-24(11-13-25)17-7-6-16(20-21-17)23-8-4-3-5-9-23/h6-7,14H,3-5,8-13H2,1-2H3. The van der Waals surface area contributed by atoms with Crippen molar-refractivity contribution in [3.63, 3.8) is 0 Å². The number of sulfonamides is 1. The zero-order valence-corrected chi connectivity index (χ0v) is 17.3. The lowest BCUT2D eigenvalue weighted by Gasteiger charge is -2.34. The Morgan fingerprint density at radius 3 is 1.93 bits per heavy atom. The zero-order valence-electron chi connectivity index (χ0n) is 16.5. The van der Waals surface area contributed by atoms with Gasteiger partial charge in [0.15, 0.2) is 16.7 Å². The quantitative estimate of drug-likeness (QED) is 0.750. The van der Waals surface area contributed by atoms with Crippen LogP contribution in [0.2, 0.25) is 0 Å². The molecule has 0 amide bonds. The minimum Gasteiger partial charge on any atom is -0.355 e. The van der Waals surface area contributed by atoms with Crippen molar-refractivity contribution in [1.29, 1.82) is 0 Å². The minimum absolute atomic E-state index is 0.117. The Morgan fingerprint density at radius 2 is 1.43 bits per heavy atom. The summed E-state index contributed by atoms with van der Waals surface area (Å²) in [7, 11) is -1.76. The Hall–Kier alpha value is -2.20. The summed E-state index contributed by atoms with van der Waals surface area (Å²) in [6, 6.07) is 4.01. The molecule has 2 fully saturated rings. The molecule has 10 heteroatoms. The third kappa shape index (κ3) is 3.70. The van der Waals surface area contributed by atoms with Crippen LogP contribution in [0.3, 0.4) is 0 Å². The largest absolute Gasteiger partial charge is 0.355 e. The van der Waals surface area contributed by atoms with Gasteiger partial charge in [-0.15, -0.1) is 10.2 Å². The lowest BCUT2D eigenvalue weighted by molar-refractivity contribution is 0.382. The van der Waals surface area contributed by atoms with Crippen LogP contribution in [-0.2, 0) is 17.1 Å². The maximum Gasteiger partial charge on any atom is 0.262 e. The topological polar surface area (TPSA) is 87.5 Å². The van der Waals surface area contributed by atoms with Crippen molar-refractivity contribution < 1.29 is 8.42 Å². The fourth-order valence-corrected chi connectivity index (χ4v) is 5.17. The number of aromatic nitrogens is 4. The van der Waals surface area contributed by atoms with Crippen molar-refractivity contribution in [2.75, 3.05) is 49.1 Å². The van der Waals surface area contributed by atoms with E-state index in [1.807, 2.05) is 12.1 Å². The van der Waals surface area contributed by atoms with Crippen molar-refractivity contribution in [2.45, 2.75) is 31.2 Å². The number of piperazine rings is 1. The Bertz CT molecular complexity index is 892. The second kappa shape index (κ2) is 7.67. The van der Waals surface area contributed by atoms with Gasteiger partial charge < -0.3 is 14.4 Å². The first kappa shape index (κ1) is 19.1. The molecule has 0 aliphatic carbocycles. The zero-order chi connectivity index (χ0) is 19.7. The van der Waals surface area contributed by atoms with Crippen LogP contribution in [0.4, 0.5) is 11.6 Å². The van der Waals surface area contributed by atoms with E-state index in [1.54, 1.807) is 24.7 Å². The number of aryl methyl sites for hydroxylation is 2. The Morgan fingerprint density at radius 1 is 0.857 bits per heavy atom. The minimum atomic E-state index is -3.56. The average molecular weight is 406 g/mol. The summed E-state index contributed by atoms with van der Waals surface area (Å²) in [6.07, 6.45) is 5.26. The predicted molar refractivity (Wildman–Crippen MR) is 107 cm³/mol. The van der Waals surface area contributed by atoms with Crippen LogP contribution in [0.25, 0.3) is 0 Å². The van der Waals surface area contributed by atoms with Crippen molar-refractivity contribution in [1.82, 2.24) is 24.1 Å². The van der Waals surface area contributed by atoms with Gasteiger partial charge in [-0.05, 0) is 38.3 Å². The number of piperidine rings is 1. The predicted octanol–water partition coefficient (Wildman–Crippen LogP) is 1.02. The van der Waals surface area contributed by atoms with E-state index in [0.29, 0.717) is 32.0 Å². The molecule has 28 heavy (non-hydrogen) atoms. The number of hydrogen-bond donors (Lipinski definition) is 0. The van der Waals surface area contributed by atoms with Crippen LogP contribution in [0.15, 0.2) is 23.4 Å². The van der Waals surface area contributed by atoms with Gasteiger partial charge in [0, 0.05) is 52.5 Å². The summed E-state index contributed by atoms with van der Waals surface area (Å²) < 4.78 is 28.9. The van der Waals surface area contributed by atoms with E-state index in [0.717, 1.165) is 24.7 Å². The van der Waals surface area contributed by atoms with Gasteiger partial charge in [0.05, 0.1) is 0 Å². The number of rotatable bonds is 4. The Balaban J connectivity index is 1.39. The molecular formula is C18H27N7O2S. The molecule has 0 spiro atoms. The second-order valence-corrected chi connectivity index (χ2v) is 9.31. The molecule has 9 nitrogen and oxygen atoms in total. The summed E-state index contributed by atoms with van der Waals surface area (Å²) in [5.41, 5.74) is 0. The third-order valence-corrected chi connectivity index (χ3v) is 7.34. The Labute approximate surface area is 166 Å². The van der Waals surface area contributed by atoms with E-state index < -0.39 is 10.0 Å². The third-order valence-electron chi connectivity index (χ3n) is 5.57. The van der Waals surface area contributed by atoms with E-state index >= 15 is 0 Å². The van der Waals surface area contributed by atoms with Gasteiger partial charge in [0.25, 0.3) is 10.0 Å². The lowest BCUT2D eigenvalue weighted by atomic mass is 10.1.